The van der Waals surface area contributed by atoms with E-state index in [-0.39, 0.29) is 0 Å². The van der Waals surface area contributed by atoms with E-state index >= 15 is 0 Å². The van der Waals surface area contributed by atoms with Crippen LogP contribution in [-0.2, 0) is 4.65 Å². The van der Waals surface area contributed by atoms with Crippen LogP contribution in [0.25, 0.3) is 0 Å². The van der Waals surface area contributed by atoms with Gasteiger partial charge in [0, 0.05) is 6.61 Å². The van der Waals surface area contributed by atoms with Gasteiger partial charge in [0.2, 0.25) is 0 Å². The van der Waals surface area contributed by atoms with Gasteiger partial charge in [-0.3, -0.25) is 0 Å². The molecule has 0 aromatic heterocycles. The van der Waals surface area contributed by atoms with Gasteiger partial charge in [-0.25, -0.2) is 0 Å². The lowest BCUT2D eigenvalue weighted by Crippen LogP contribution is -1.82. The summed E-state index contributed by atoms with van der Waals surface area (Å²) in [5.41, 5.74) is 1.23. The van der Waals surface area contributed by atoms with Gasteiger partial charge < -0.3 is 4.65 Å². The molecule has 38 valence electrons. The molecule has 0 heterocycles. The van der Waals surface area contributed by atoms with Crippen LogP contribution in [-0.4, -0.2) is 14.7 Å². The Labute approximate surface area is 45.8 Å². The summed E-state index contributed by atoms with van der Waals surface area (Å²) in [6.07, 6.45) is 1.92. The molecule has 2 heteroatoms. The second-order valence-electron chi connectivity index (χ2n) is 1.61. The fourth-order valence-corrected chi connectivity index (χ4v) is 0.215. The largest absolute Gasteiger partial charge is 0.444 e. The minimum absolute atomic E-state index is 0.516. The molecule has 0 saturated heterocycles. The summed E-state index contributed by atoms with van der Waals surface area (Å²) in [5.74, 6) is 0. The summed E-state index contributed by atoms with van der Waals surface area (Å²) in [7, 11) is 4.73. The molecule has 0 spiro atoms. The molecule has 0 N–H and O–H groups in total. The normalized spacial score (nSPS) is 8.29. The van der Waals surface area contributed by atoms with Crippen molar-refractivity contribution in [2.24, 2.45) is 0 Å². The van der Waals surface area contributed by atoms with Crippen molar-refractivity contribution in [1.29, 1.82) is 0 Å². The number of hydrogen-bond acceptors (Lipinski definition) is 1. The van der Waals surface area contributed by atoms with Crippen molar-refractivity contribution in [2.75, 3.05) is 6.61 Å². The number of rotatable bonds is 2. The van der Waals surface area contributed by atoms with Crippen molar-refractivity contribution in [3.8, 4) is 0 Å². The highest BCUT2D eigenvalue weighted by Crippen LogP contribution is 1.85. The first-order valence-electron chi connectivity index (χ1n) is 2.22. The van der Waals surface area contributed by atoms with E-state index in [0.717, 1.165) is 0 Å². The van der Waals surface area contributed by atoms with E-state index in [1.807, 2.05) is 19.9 Å². The van der Waals surface area contributed by atoms with Gasteiger partial charge in [-0.15, -0.1) is 0 Å². The molecule has 0 aliphatic carbocycles. The van der Waals surface area contributed by atoms with Gasteiger partial charge >= 0.3 is 0 Å². The van der Waals surface area contributed by atoms with Crippen LogP contribution >= 0.6 is 0 Å². The molecule has 0 saturated carbocycles. The molecule has 7 heavy (non-hydrogen) atoms. The number of hydrogen-bond donors (Lipinski definition) is 0. The van der Waals surface area contributed by atoms with Gasteiger partial charge in [-0.1, -0.05) is 11.6 Å². The maximum atomic E-state index is 4.73. The first-order chi connectivity index (χ1) is 3.27. The summed E-state index contributed by atoms with van der Waals surface area (Å²) < 4.78 is 4.28. The molecule has 0 amide bonds. The smallest absolute Gasteiger partial charge is 0.283 e. The van der Waals surface area contributed by atoms with E-state index in [0.29, 0.717) is 6.61 Å². The lowest BCUT2D eigenvalue weighted by atomic mass is 10.3. The Hall–Kier alpha value is -0.235. The zero-order valence-corrected chi connectivity index (χ0v) is 4.77. The minimum atomic E-state index is 0.516. The Balaban J connectivity index is 3.08. The molecule has 0 fully saturated rings. The van der Waals surface area contributed by atoms with Gasteiger partial charge in [-0.2, -0.15) is 0 Å². The Morgan fingerprint density at radius 3 is 2.43 bits per heavy atom. The summed E-state index contributed by atoms with van der Waals surface area (Å²) in [6.45, 7) is 4.51. The highest BCUT2D eigenvalue weighted by Gasteiger charge is 1.72. The Kier molecular flexibility index (Phi) is 3.81. The van der Waals surface area contributed by atoms with Crippen LogP contribution in [0.5, 0.6) is 0 Å². The average molecular weight is 95.9 g/mol. The fourth-order valence-electron chi connectivity index (χ4n) is 0.215. The maximum Gasteiger partial charge on any atom is 0.283 e. The lowest BCUT2D eigenvalue weighted by Gasteiger charge is -1.88. The third-order valence-electron chi connectivity index (χ3n) is 0.588. The molecular weight excluding hydrogens is 86.9 g/mol. The van der Waals surface area contributed by atoms with Gasteiger partial charge in [0.15, 0.2) is 0 Å². The second kappa shape index (κ2) is 3.94. The van der Waals surface area contributed by atoms with Crippen molar-refractivity contribution in [3.63, 3.8) is 0 Å². The Morgan fingerprint density at radius 1 is 1.71 bits per heavy atom. The monoisotopic (exact) mass is 96.1 g/mol. The lowest BCUT2D eigenvalue weighted by molar-refractivity contribution is 0.400. The minimum Gasteiger partial charge on any atom is -0.444 e. The van der Waals surface area contributed by atoms with Crippen molar-refractivity contribution in [1.82, 2.24) is 0 Å². The Bertz CT molecular complexity index is 64.5. The molecule has 0 unspecified atom stereocenters. The van der Waals surface area contributed by atoms with Gasteiger partial charge in [0.25, 0.3) is 8.05 Å². The first-order valence-corrected chi connectivity index (χ1v) is 2.22. The zero-order valence-electron chi connectivity index (χ0n) is 4.77. The van der Waals surface area contributed by atoms with Crippen LogP contribution in [0.15, 0.2) is 11.6 Å². The van der Waals surface area contributed by atoms with E-state index in [1.54, 1.807) is 0 Å². The van der Waals surface area contributed by atoms with Gasteiger partial charge in [0.1, 0.15) is 0 Å². The first kappa shape index (κ1) is 6.76. The third-order valence-corrected chi connectivity index (χ3v) is 0.588. The third kappa shape index (κ3) is 5.76. The topological polar surface area (TPSA) is 9.23 Å². The molecule has 0 aliphatic heterocycles. The molecule has 0 aromatic carbocycles. The summed E-state index contributed by atoms with van der Waals surface area (Å²) >= 11 is 0. The highest BCUT2D eigenvalue weighted by atomic mass is 16.4. The van der Waals surface area contributed by atoms with Crippen LogP contribution in [0.4, 0.5) is 0 Å². The summed E-state index contributed by atoms with van der Waals surface area (Å²) in [6, 6.07) is 0. The second-order valence-corrected chi connectivity index (χ2v) is 1.61. The van der Waals surface area contributed by atoms with Crippen molar-refractivity contribution >= 4 is 8.05 Å². The van der Waals surface area contributed by atoms with Crippen LogP contribution in [0.2, 0.25) is 0 Å². The highest BCUT2D eigenvalue weighted by molar-refractivity contribution is 5.98. The van der Waals surface area contributed by atoms with Gasteiger partial charge in [0.05, 0.1) is 0 Å². The Morgan fingerprint density at radius 2 is 2.29 bits per heavy atom. The van der Waals surface area contributed by atoms with Gasteiger partial charge in [-0.05, 0) is 13.8 Å². The predicted octanol–water partition coefficient (Wildman–Crippen LogP) is 1.05. The SMILES string of the molecule is [B]OCC=C(C)C. The molecule has 2 radical (unpaired) electrons. The molecular formula is C5H9BO. The average Bonchev–Trinajstić information content (AvgIpc) is 1.61. The van der Waals surface area contributed by atoms with Crippen molar-refractivity contribution < 1.29 is 4.65 Å². The molecule has 0 aliphatic rings. The standard InChI is InChI=1S/C5H9BO/c1-5(2)3-4-7-6/h3H,4H2,1-2H3. The van der Waals surface area contributed by atoms with Crippen molar-refractivity contribution in [2.45, 2.75) is 13.8 Å². The summed E-state index contributed by atoms with van der Waals surface area (Å²) in [5, 5.41) is 0. The van der Waals surface area contributed by atoms with E-state index < -0.39 is 0 Å². The van der Waals surface area contributed by atoms with E-state index in [2.05, 4.69) is 4.65 Å². The zero-order chi connectivity index (χ0) is 5.70. The van der Waals surface area contributed by atoms with Crippen LogP contribution in [0.1, 0.15) is 13.8 Å². The molecule has 0 atom stereocenters. The van der Waals surface area contributed by atoms with E-state index in [4.69, 9.17) is 8.05 Å². The molecule has 0 rings (SSSR count). The quantitative estimate of drug-likeness (QED) is 0.368. The van der Waals surface area contributed by atoms with Crippen molar-refractivity contribution in [3.05, 3.63) is 11.6 Å². The van der Waals surface area contributed by atoms with E-state index in [1.165, 1.54) is 5.57 Å². The van der Waals surface area contributed by atoms with Crippen LogP contribution < -0.4 is 0 Å². The van der Waals surface area contributed by atoms with Crippen LogP contribution in [0.3, 0.4) is 0 Å². The molecule has 0 bridgehead atoms. The van der Waals surface area contributed by atoms with E-state index in [9.17, 15) is 0 Å². The fraction of sp³-hybridized carbons (Fsp3) is 0.600. The molecule has 1 nitrogen and oxygen atoms in total. The molecule has 0 aromatic rings. The predicted molar refractivity (Wildman–Crippen MR) is 31.1 cm³/mol. The number of allylic oxidation sites excluding steroid dienone is 1. The maximum absolute atomic E-state index is 4.73. The summed E-state index contributed by atoms with van der Waals surface area (Å²) in [4.78, 5) is 0. The van der Waals surface area contributed by atoms with Crippen LogP contribution in [0, 0.1) is 0 Å².